The van der Waals surface area contributed by atoms with E-state index in [1.54, 1.807) is 11.9 Å². The van der Waals surface area contributed by atoms with Crippen LogP contribution in [0, 0.1) is 0 Å². The third-order valence-corrected chi connectivity index (χ3v) is 4.08. The van der Waals surface area contributed by atoms with E-state index in [1.165, 1.54) is 45.1 Å². The van der Waals surface area contributed by atoms with Gasteiger partial charge in [-0.1, -0.05) is 12.8 Å². The highest BCUT2D eigenvalue weighted by molar-refractivity contribution is 5.71. The Balaban J connectivity index is 1.89. The Bertz CT molecular complexity index is 251. The van der Waals surface area contributed by atoms with Crippen molar-refractivity contribution >= 4 is 6.03 Å². The molecule has 1 atom stereocenters. The van der Waals surface area contributed by atoms with E-state index in [0.29, 0.717) is 6.04 Å². The maximum absolute atomic E-state index is 11.0. The van der Waals surface area contributed by atoms with Gasteiger partial charge in [0.15, 0.2) is 0 Å². The number of nitrogens with two attached hydrogens (primary N) is 1. The molecule has 1 heterocycles. The van der Waals surface area contributed by atoms with Crippen LogP contribution in [-0.2, 0) is 0 Å². The second-order valence-electron chi connectivity index (χ2n) is 5.19. The molecule has 0 aromatic heterocycles. The maximum Gasteiger partial charge on any atom is 0.314 e. The van der Waals surface area contributed by atoms with E-state index in [9.17, 15) is 4.79 Å². The summed E-state index contributed by atoms with van der Waals surface area (Å²) in [5.41, 5.74) is 5.28. The molecule has 16 heavy (non-hydrogen) atoms. The van der Waals surface area contributed by atoms with Crippen molar-refractivity contribution in [2.75, 3.05) is 20.1 Å². The van der Waals surface area contributed by atoms with E-state index in [4.69, 9.17) is 5.73 Å². The van der Waals surface area contributed by atoms with Crippen LogP contribution in [0.3, 0.4) is 0 Å². The topological polar surface area (TPSA) is 49.6 Å². The van der Waals surface area contributed by atoms with Gasteiger partial charge < -0.3 is 10.6 Å². The minimum absolute atomic E-state index is 0.307. The minimum atomic E-state index is -0.307. The Hall–Kier alpha value is -0.770. The molecule has 2 N–H and O–H groups in total. The van der Waals surface area contributed by atoms with Crippen molar-refractivity contribution in [3.05, 3.63) is 0 Å². The zero-order chi connectivity index (χ0) is 11.5. The van der Waals surface area contributed by atoms with Gasteiger partial charge >= 0.3 is 6.03 Å². The lowest BCUT2D eigenvalue weighted by atomic mass is 10.1. The smallest absolute Gasteiger partial charge is 0.314 e. The Morgan fingerprint density at radius 1 is 1.31 bits per heavy atom. The third-order valence-electron chi connectivity index (χ3n) is 4.08. The molecule has 1 saturated heterocycles. The molecule has 2 amide bonds. The Morgan fingerprint density at radius 2 is 2.00 bits per heavy atom. The summed E-state index contributed by atoms with van der Waals surface area (Å²) < 4.78 is 0. The molecule has 4 heteroatoms. The molecule has 0 bridgehead atoms. The normalized spacial score (nSPS) is 27.4. The fourth-order valence-electron chi connectivity index (χ4n) is 3.18. The quantitative estimate of drug-likeness (QED) is 0.789. The van der Waals surface area contributed by atoms with E-state index >= 15 is 0 Å². The van der Waals surface area contributed by atoms with Crippen LogP contribution in [0.15, 0.2) is 0 Å². The van der Waals surface area contributed by atoms with E-state index in [0.717, 1.165) is 12.6 Å². The van der Waals surface area contributed by atoms with Gasteiger partial charge in [-0.25, -0.2) is 4.79 Å². The van der Waals surface area contributed by atoms with Crippen molar-refractivity contribution in [2.24, 2.45) is 5.73 Å². The zero-order valence-electron chi connectivity index (χ0n) is 10.2. The number of hydrogen-bond donors (Lipinski definition) is 1. The summed E-state index contributed by atoms with van der Waals surface area (Å²) >= 11 is 0. The van der Waals surface area contributed by atoms with Crippen LogP contribution >= 0.6 is 0 Å². The monoisotopic (exact) mass is 225 g/mol. The van der Waals surface area contributed by atoms with Crippen LogP contribution in [0.2, 0.25) is 0 Å². The standard InChI is InChI=1S/C12H23N3O/c1-14(12(13)16)9-11-7-4-8-15(11)10-5-2-3-6-10/h10-11H,2-9H2,1H3,(H2,13,16)/t11-/m1/s1. The number of nitrogens with zero attached hydrogens (tertiary/aromatic N) is 2. The second-order valence-corrected chi connectivity index (χ2v) is 5.19. The highest BCUT2D eigenvalue weighted by Crippen LogP contribution is 2.30. The van der Waals surface area contributed by atoms with Crippen LogP contribution in [0.5, 0.6) is 0 Å². The van der Waals surface area contributed by atoms with Gasteiger partial charge in [-0.05, 0) is 32.2 Å². The molecule has 1 aliphatic carbocycles. The first-order valence-electron chi connectivity index (χ1n) is 6.45. The minimum Gasteiger partial charge on any atom is -0.351 e. The van der Waals surface area contributed by atoms with Crippen molar-refractivity contribution in [3.63, 3.8) is 0 Å². The fourth-order valence-corrected chi connectivity index (χ4v) is 3.18. The van der Waals surface area contributed by atoms with Gasteiger partial charge in [-0.2, -0.15) is 0 Å². The lowest BCUT2D eigenvalue weighted by Crippen LogP contribution is -2.46. The number of likely N-dealkylation sites (N-methyl/N-ethyl adjacent to an activating group) is 1. The molecule has 0 aromatic carbocycles. The van der Waals surface area contributed by atoms with Gasteiger partial charge in [0.05, 0.1) is 0 Å². The summed E-state index contributed by atoms with van der Waals surface area (Å²) in [6, 6.07) is 1.01. The fraction of sp³-hybridized carbons (Fsp3) is 0.917. The molecular weight excluding hydrogens is 202 g/mol. The van der Waals surface area contributed by atoms with E-state index in [-0.39, 0.29) is 6.03 Å². The van der Waals surface area contributed by atoms with E-state index in [2.05, 4.69) is 4.90 Å². The van der Waals surface area contributed by atoms with Crippen LogP contribution in [0.4, 0.5) is 4.79 Å². The molecule has 0 aromatic rings. The maximum atomic E-state index is 11.0. The van der Waals surface area contributed by atoms with Crippen LogP contribution in [-0.4, -0.2) is 48.1 Å². The number of urea groups is 1. The summed E-state index contributed by atoms with van der Waals surface area (Å²) in [7, 11) is 1.80. The largest absolute Gasteiger partial charge is 0.351 e. The first kappa shape index (κ1) is 11.7. The SMILES string of the molecule is CN(C[C@H]1CCCN1C1CCCC1)C(N)=O. The van der Waals surface area contributed by atoms with Gasteiger partial charge in [0, 0.05) is 25.7 Å². The summed E-state index contributed by atoms with van der Waals surface area (Å²) in [4.78, 5) is 15.3. The number of carbonyl (C=O) groups excluding carboxylic acids is 1. The summed E-state index contributed by atoms with van der Waals surface area (Å²) in [5.74, 6) is 0. The lowest BCUT2D eigenvalue weighted by molar-refractivity contribution is 0.149. The molecule has 2 rings (SSSR count). The predicted molar refractivity (Wildman–Crippen MR) is 64.2 cm³/mol. The molecule has 92 valence electrons. The number of likely N-dealkylation sites (tertiary alicyclic amines) is 1. The van der Waals surface area contributed by atoms with E-state index in [1.807, 2.05) is 0 Å². The predicted octanol–water partition coefficient (Wildman–Crippen LogP) is 1.40. The first-order chi connectivity index (χ1) is 7.68. The van der Waals surface area contributed by atoms with Crippen LogP contribution in [0.1, 0.15) is 38.5 Å². The van der Waals surface area contributed by atoms with Crippen molar-refractivity contribution in [2.45, 2.75) is 50.6 Å². The number of hydrogen-bond acceptors (Lipinski definition) is 2. The summed E-state index contributed by atoms with van der Waals surface area (Å²) in [6.45, 7) is 2.01. The van der Waals surface area contributed by atoms with Gasteiger partial charge in [0.2, 0.25) is 0 Å². The van der Waals surface area contributed by atoms with Gasteiger partial charge in [0.25, 0.3) is 0 Å². The molecule has 4 nitrogen and oxygen atoms in total. The molecule has 1 saturated carbocycles. The number of primary amides is 1. The van der Waals surface area contributed by atoms with Crippen LogP contribution < -0.4 is 5.73 Å². The average Bonchev–Trinajstić information content (AvgIpc) is 2.85. The number of carbonyl (C=O) groups is 1. The molecule has 1 aliphatic heterocycles. The molecular formula is C12H23N3O. The molecule has 2 aliphatic rings. The average molecular weight is 225 g/mol. The highest BCUT2D eigenvalue weighted by atomic mass is 16.2. The molecule has 0 spiro atoms. The second kappa shape index (κ2) is 5.04. The van der Waals surface area contributed by atoms with Crippen LogP contribution in [0.25, 0.3) is 0 Å². The number of amides is 2. The Labute approximate surface area is 97.8 Å². The van der Waals surface area contributed by atoms with Gasteiger partial charge in [-0.15, -0.1) is 0 Å². The van der Waals surface area contributed by atoms with Crippen molar-refractivity contribution in [1.29, 1.82) is 0 Å². The Kier molecular flexibility index (Phi) is 3.69. The van der Waals surface area contributed by atoms with Crippen molar-refractivity contribution < 1.29 is 4.79 Å². The van der Waals surface area contributed by atoms with Gasteiger partial charge in [0.1, 0.15) is 0 Å². The van der Waals surface area contributed by atoms with E-state index < -0.39 is 0 Å². The number of rotatable bonds is 3. The molecule has 2 fully saturated rings. The third kappa shape index (κ3) is 2.48. The first-order valence-corrected chi connectivity index (χ1v) is 6.45. The molecule has 0 radical (unpaired) electrons. The molecule has 0 unspecified atom stereocenters. The zero-order valence-corrected chi connectivity index (χ0v) is 10.2. The Morgan fingerprint density at radius 3 is 2.62 bits per heavy atom. The summed E-state index contributed by atoms with van der Waals surface area (Å²) in [5, 5.41) is 0. The highest BCUT2D eigenvalue weighted by Gasteiger charge is 2.32. The van der Waals surface area contributed by atoms with Gasteiger partial charge in [-0.3, -0.25) is 4.90 Å². The van der Waals surface area contributed by atoms with Crippen molar-refractivity contribution in [3.8, 4) is 0 Å². The van der Waals surface area contributed by atoms with Crippen molar-refractivity contribution in [1.82, 2.24) is 9.80 Å². The summed E-state index contributed by atoms with van der Waals surface area (Å²) in [6.07, 6.45) is 7.93. The lowest BCUT2D eigenvalue weighted by Gasteiger charge is -2.32.